The molecular weight excluding hydrogens is 116 g/mol. The number of nitrogens with one attached hydrogen (secondary N) is 1. The maximum atomic E-state index is 10.1. The Morgan fingerprint density at radius 1 is 1.57 bits per heavy atom. The van der Waals surface area contributed by atoms with Crippen molar-refractivity contribution in [2.24, 2.45) is 4.40 Å². The molecule has 0 unspecified atom stereocenters. The van der Waals surface area contributed by atoms with Crippen LogP contribution in [0.1, 0.15) is 0 Å². The Morgan fingerprint density at radius 3 is 2.43 bits per heavy atom. The fourth-order valence-corrected chi connectivity index (χ4v) is 0.772. The lowest BCUT2D eigenvalue weighted by Gasteiger charge is -1.65. The van der Waals surface area contributed by atoms with Crippen LogP contribution in [0.5, 0.6) is 0 Å². The monoisotopic (exact) mass is 119 g/mol. The number of hydrogen-bond donors (Lipinski definition) is 1. The normalized spacial score (nSPS) is 23.4. The first-order valence-corrected chi connectivity index (χ1v) is 3.04. The average Bonchev–Trinajstić information content (AvgIpc) is 1.84. The molecule has 0 radical (unpaired) electrons. The molecule has 0 aliphatic carbocycles. The molecule has 5 heteroatoms. The van der Waals surface area contributed by atoms with Crippen LogP contribution in [-0.4, -0.2) is 20.8 Å². The fraction of sp³-hybridized carbons (Fsp3) is 0. The molecule has 0 saturated heterocycles. The molecule has 0 aromatic rings. The van der Waals surface area contributed by atoms with Crippen molar-refractivity contribution in [1.29, 1.82) is 0 Å². The van der Waals surface area contributed by atoms with E-state index in [4.69, 9.17) is 0 Å². The predicted molar refractivity (Wildman–Crippen MR) is 24.4 cm³/mol. The van der Waals surface area contributed by atoms with E-state index < -0.39 is 10.2 Å². The van der Waals surface area contributed by atoms with Gasteiger partial charge >= 0.3 is 10.2 Å². The first kappa shape index (κ1) is 4.45. The number of hydrogen-bond acceptors (Lipinski definition) is 2. The minimum absolute atomic E-state index is 1.19. The molecule has 0 fully saturated rings. The minimum Gasteiger partial charge on any atom is -0.141 e. The fourth-order valence-electron chi connectivity index (χ4n) is 0.257. The maximum Gasteiger partial charge on any atom is 0.484 e. The van der Waals surface area contributed by atoms with Crippen LogP contribution >= 0.6 is 0 Å². The van der Waals surface area contributed by atoms with E-state index in [1.165, 1.54) is 12.4 Å². The lowest BCUT2D eigenvalue weighted by Crippen LogP contribution is -2.69. The van der Waals surface area contributed by atoms with Crippen LogP contribution in [0.15, 0.2) is 4.40 Å². The third kappa shape index (κ3) is 0.833. The summed E-state index contributed by atoms with van der Waals surface area (Å²) in [6.07, 6.45) is 2.45. The Balaban J connectivity index is 3.25. The first-order chi connectivity index (χ1) is 3.21. The topological polar surface area (TPSA) is 60.5 Å². The van der Waals surface area contributed by atoms with Crippen LogP contribution in [0.2, 0.25) is 0 Å². The number of nitrogens with zero attached hydrogens (tertiary/aromatic N) is 1. The van der Waals surface area contributed by atoms with E-state index in [9.17, 15) is 8.42 Å². The number of rotatable bonds is 0. The van der Waals surface area contributed by atoms with Gasteiger partial charge in [0.1, 0.15) is 6.21 Å². The van der Waals surface area contributed by atoms with Crippen molar-refractivity contribution in [1.82, 2.24) is 0 Å². The van der Waals surface area contributed by atoms with Gasteiger partial charge in [0.25, 0.3) is 0 Å². The van der Waals surface area contributed by atoms with E-state index in [-0.39, 0.29) is 0 Å². The molecule has 0 saturated carbocycles. The highest BCUT2D eigenvalue weighted by Gasteiger charge is 2.11. The van der Waals surface area contributed by atoms with Crippen LogP contribution in [0.25, 0.3) is 0 Å². The van der Waals surface area contributed by atoms with Gasteiger partial charge < -0.3 is 0 Å². The zero-order valence-electron chi connectivity index (χ0n) is 3.33. The van der Waals surface area contributed by atoms with Crippen molar-refractivity contribution in [2.45, 2.75) is 0 Å². The summed E-state index contributed by atoms with van der Waals surface area (Å²) in [4.78, 5) is 0. The summed E-state index contributed by atoms with van der Waals surface area (Å²) in [6, 6.07) is 0. The molecular formula is C2H3N2O2S+. The minimum atomic E-state index is -3.28. The Bertz CT molecular complexity index is 194. The SMILES string of the molecule is O=S1(=O)N=CC=[NH+]1. The third-order valence-corrected chi connectivity index (χ3v) is 1.32. The molecule has 4 nitrogen and oxygen atoms in total. The molecule has 38 valence electrons. The summed E-state index contributed by atoms with van der Waals surface area (Å²) in [7, 11) is -3.28. The van der Waals surface area contributed by atoms with Crippen molar-refractivity contribution in [3.05, 3.63) is 0 Å². The van der Waals surface area contributed by atoms with Crippen molar-refractivity contribution < 1.29 is 12.8 Å². The van der Waals surface area contributed by atoms with Crippen molar-refractivity contribution >= 4 is 22.6 Å². The Morgan fingerprint density at radius 2 is 2.29 bits per heavy atom. The third-order valence-electron chi connectivity index (χ3n) is 0.491. The molecule has 0 amide bonds. The van der Waals surface area contributed by atoms with Crippen molar-refractivity contribution in [3.63, 3.8) is 0 Å². The summed E-state index contributed by atoms with van der Waals surface area (Å²) in [5.41, 5.74) is 0. The van der Waals surface area contributed by atoms with Gasteiger partial charge in [-0.25, -0.2) is 0 Å². The second-order valence-corrected chi connectivity index (χ2v) is 2.41. The van der Waals surface area contributed by atoms with Gasteiger partial charge in [0.05, 0.1) is 0 Å². The van der Waals surface area contributed by atoms with Gasteiger partial charge in [-0.2, -0.15) is 0 Å². The van der Waals surface area contributed by atoms with Crippen LogP contribution in [0, 0.1) is 0 Å². The zero-order chi connectivity index (χ0) is 5.33. The van der Waals surface area contributed by atoms with Gasteiger partial charge in [-0.05, 0) is 0 Å². The Hall–Kier alpha value is -0.710. The summed E-state index contributed by atoms with van der Waals surface area (Å²) >= 11 is 0. The van der Waals surface area contributed by atoms with E-state index in [0.29, 0.717) is 0 Å². The average molecular weight is 119 g/mol. The first-order valence-electron chi connectivity index (χ1n) is 1.60. The molecule has 1 heterocycles. The predicted octanol–water partition coefficient (Wildman–Crippen LogP) is -2.53. The maximum absolute atomic E-state index is 10.1. The van der Waals surface area contributed by atoms with E-state index in [1.807, 2.05) is 4.40 Å². The highest BCUT2D eigenvalue weighted by molar-refractivity contribution is 7.83. The van der Waals surface area contributed by atoms with Gasteiger partial charge in [0.15, 0.2) is 0 Å². The van der Waals surface area contributed by atoms with Gasteiger partial charge in [-0.15, -0.1) is 17.2 Å². The molecule has 0 spiro atoms. The molecule has 1 rings (SSSR count). The summed E-state index contributed by atoms with van der Waals surface area (Å²) in [5, 5.41) is 0. The van der Waals surface area contributed by atoms with Gasteiger partial charge in [0.2, 0.25) is 6.21 Å². The van der Waals surface area contributed by atoms with Gasteiger partial charge in [0, 0.05) is 0 Å². The Kier molecular flexibility index (Phi) is 0.717. The second kappa shape index (κ2) is 1.13. The molecule has 1 aliphatic heterocycles. The smallest absolute Gasteiger partial charge is 0.141 e. The molecule has 0 bridgehead atoms. The lowest BCUT2D eigenvalue weighted by atomic mass is 10.9. The summed E-state index contributed by atoms with van der Waals surface area (Å²) < 4.78 is 25.2. The largest absolute Gasteiger partial charge is 0.484 e. The second-order valence-electron chi connectivity index (χ2n) is 1.01. The standard InChI is InChI=1S/C2H2N2O2S/c5-7(6)3-1-2-4-7/h1-2H/p+1. The van der Waals surface area contributed by atoms with Crippen LogP contribution in [0.3, 0.4) is 0 Å². The van der Waals surface area contributed by atoms with E-state index in [1.54, 1.807) is 0 Å². The van der Waals surface area contributed by atoms with Crippen LogP contribution in [-0.2, 0) is 10.2 Å². The van der Waals surface area contributed by atoms with Crippen molar-refractivity contribution in [3.8, 4) is 0 Å². The zero-order valence-corrected chi connectivity index (χ0v) is 4.14. The van der Waals surface area contributed by atoms with E-state index in [2.05, 4.69) is 4.40 Å². The highest BCUT2D eigenvalue weighted by Crippen LogP contribution is 1.72. The summed E-state index contributed by atoms with van der Waals surface area (Å²) in [5.74, 6) is 0. The van der Waals surface area contributed by atoms with Crippen molar-refractivity contribution in [2.75, 3.05) is 0 Å². The molecule has 0 aromatic carbocycles. The molecule has 0 atom stereocenters. The van der Waals surface area contributed by atoms with Gasteiger partial charge in [-0.1, -0.05) is 0 Å². The highest BCUT2D eigenvalue weighted by atomic mass is 32.2. The van der Waals surface area contributed by atoms with E-state index >= 15 is 0 Å². The lowest BCUT2D eigenvalue weighted by molar-refractivity contribution is -0.255. The Labute approximate surface area is 40.8 Å². The summed E-state index contributed by atoms with van der Waals surface area (Å²) in [6.45, 7) is 0. The van der Waals surface area contributed by atoms with E-state index in [0.717, 1.165) is 0 Å². The molecule has 0 aromatic heterocycles. The molecule has 1 aliphatic rings. The van der Waals surface area contributed by atoms with Gasteiger partial charge in [-0.3, -0.25) is 0 Å². The van der Waals surface area contributed by atoms with Crippen LogP contribution in [0.4, 0.5) is 0 Å². The molecule has 7 heavy (non-hydrogen) atoms. The quantitative estimate of drug-likeness (QED) is 0.382. The molecule has 1 N–H and O–H groups in total. The van der Waals surface area contributed by atoms with Crippen LogP contribution < -0.4 is 4.40 Å².